The van der Waals surface area contributed by atoms with Gasteiger partial charge in [-0.25, -0.2) is 0 Å². The Morgan fingerprint density at radius 2 is 1.89 bits per heavy atom. The summed E-state index contributed by atoms with van der Waals surface area (Å²) in [5, 5.41) is 0. The monoisotopic (exact) mass is 266 g/mol. The van der Waals surface area contributed by atoms with Crippen LogP contribution in [0.2, 0.25) is 0 Å². The van der Waals surface area contributed by atoms with Crippen molar-refractivity contribution in [1.29, 1.82) is 0 Å². The van der Waals surface area contributed by atoms with E-state index in [0.29, 0.717) is 0 Å². The highest BCUT2D eigenvalue weighted by atomic mass is 31.0. The molecule has 0 aromatic heterocycles. The average Bonchev–Trinajstić information content (AvgIpc) is 2.43. The first kappa shape index (κ1) is 13.8. The maximum Gasteiger partial charge on any atom is 0.0877 e. The number of nitrogens with zero attached hydrogens (tertiary/aromatic N) is 2. The third-order valence-electron chi connectivity index (χ3n) is 3.86. The van der Waals surface area contributed by atoms with Gasteiger partial charge < -0.3 is 9.64 Å². The number of likely N-dealkylation sites (N-methyl/N-ethyl adjacent to an activating group) is 1. The first-order chi connectivity index (χ1) is 8.65. The Bertz CT molecular complexity index is 363. The molecule has 1 saturated heterocycles. The highest BCUT2D eigenvalue weighted by Gasteiger charge is 2.34. The summed E-state index contributed by atoms with van der Waals surface area (Å²) in [5.41, 5.74) is 1.25. The van der Waals surface area contributed by atoms with Gasteiger partial charge in [0, 0.05) is 39.5 Å². The number of rotatable bonds is 4. The van der Waals surface area contributed by atoms with Crippen LogP contribution in [-0.2, 0) is 4.74 Å². The summed E-state index contributed by atoms with van der Waals surface area (Å²) >= 11 is 0. The van der Waals surface area contributed by atoms with Gasteiger partial charge in [0.05, 0.1) is 5.60 Å². The van der Waals surface area contributed by atoms with Crippen LogP contribution in [0.15, 0.2) is 30.3 Å². The van der Waals surface area contributed by atoms with Crippen molar-refractivity contribution in [3.63, 3.8) is 0 Å². The molecule has 0 spiro atoms. The molecule has 0 saturated carbocycles. The highest BCUT2D eigenvalue weighted by molar-refractivity contribution is 7.13. The molecule has 1 atom stereocenters. The molecule has 18 heavy (non-hydrogen) atoms. The average molecular weight is 266 g/mol. The summed E-state index contributed by atoms with van der Waals surface area (Å²) in [4.78, 5) is 2.29. The van der Waals surface area contributed by atoms with Gasteiger partial charge in [-0.3, -0.25) is 4.67 Å². The zero-order valence-corrected chi connectivity index (χ0v) is 12.5. The fourth-order valence-corrected chi connectivity index (χ4v) is 2.82. The molecule has 1 unspecified atom stereocenters. The lowest BCUT2D eigenvalue weighted by Crippen LogP contribution is -2.49. The Morgan fingerprint density at radius 3 is 2.44 bits per heavy atom. The van der Waals surface area contributed by atoms with E-state index in [1.54, 1.807) is 0 Å². The predicted octanol–water partition coefficient (Wildman–Crippen LogP) is 2.39. The third kappa shape index (κ3) is 3.23. The van der Waals surface area contributed by atoms with E-state index in [1.165, 1.54) is 5.69 Å². The Labute approximate surface area is 112 Å². The van der Waals surface area contributed by atoms with Crippen molar-refractivity contribution in [3.8, 4) is 0 Å². The van der Waals surface area contributed by atoms with Crippen LogP contribution in [0.3, 0.4) is 0 Å². The maximum absolute atomic E-state index is 5.84. The van der Waals surface area contributed by atoms with E-state index in [2.05, 4.69) is 56.3 Å². The fraction of sp³-hybridized carbons (Fsp3) is 0.571. The van der Waals surface area contributed by atoms with Crippen LogP contribution >= 0.6 is 9.39 Å². The molecule has 1 aliphatic rings. The second-order valence-electron chi connectivity index (χ2n) is 5.11. The minimum atomic E-state index is -0.00232. The number of ether oxygens (including phenoxy) is 1. The number of anilines is 1. The van der Waals surface area contributed by atoms with E-state index in [-0.39, 0.29) is 5.60 Å². The van der Waals surface area contributed by atoms with Gasteiger partial charge in [-0.2, -0.15) is 0 Å². The Hall–Kier alpha value is -0.630. The summed E-state index contributed by atoms with van der Waals surface area (Å²) in [6, 6.07) is 10.5. The van der Waals surface area contributed by atoms with Crippen molar-refractivity contribution < 1.29 is 4.74 Å². The Kier molecular flexibility index (Phi) is 4.60. The Morgan fingerprint density at radius 1 is 1.28 bits per heavy atom. The van der Waals surface area contributed by atoms with Gasteiger partial charge in [-0.05, 0) is 25.0 Å². The molecule has 2 rings (SSSR count). The van der Waals surface area contributed by atoms with E-state index in [4.69, 9.17) is 4.74 Å². The SMILES string of the molecule is COC1(CN(C)c2ccccc2)CCN(P)CC1. The molecule has 4 heteroatoms. The molecule has 0 amide bonds. The van der Waals surface area contributed by atoms with Crippen LogP contribution in [0.25, 0.3) is 0 Å². The molecule has 0 radical (unpaired) electrons. The lowest BCUT2D eigenvalue weighted by Gasteiger charge is -2.42. The highest BCUT2D eigenvalue weighted by Crippen LogP contribution is 2.29. The van der Waals surface area contributed by atoms with Gasteiger partial charge in [0.2, 0.25) is 0 Å². The van der Waals surface area contributed by atoms with Crippen molar-refractivity contribution in [1.82, 2.24) is 4.67 Å². The first-order valence-electron chi connectivity index (χ1n) is 6.46. The molecular weight excluding hydrogens is 243 g/mol. The van der Waals surface area contributed by atoms with Crippen LogP contribution in [0.5, 0.6) is 0 Å². The van der Waals surface area contributed by atoms with E-state index in [9.17, 15) is 0 Å². The van der Waals surface area contributed by atoms with Gasteiger partial charge in [-0.1, -0.05) is 27.6 Å². The molecule has 1 heterocycles. The summed E-state index contributed by atoms with van der Waals surface area (Å²) in [6.45, 7) is 3.12. The summed E-state index contributed by atoms with van der Waals surface area (Å²) in [6.07, 6.45) is 2.17. The summed E-state index contributed by atoms with van der Waals surface area (Å²) in [5.74, 6) is 0. The first-order valence-corrected chi connectivity index (χ1v) is 6.98. The Balaban J connectivity index is 2.02. The summed E-state index contributed by atoms with van der Waals surface area (Å²) in [7, 11) is 6.77. The lowest BCUT2D eigenvalue weighted by atomic mass is 9.91. The number of hydrogen-bond donors (Lipinski definition) is 0. The van der Waals surface area contributed by atoms with Crippen molar-refractivity contribution >= 4 is 15.1 Å². The number of methoxy groups -OCH3 is 1. The standard InChI is InChI=1S/C14H23N2OP/c1-15(13-6-4-3-5-7-13)12-14(17-2)8-10-16(18)11-9-14/h3-7H,8-12,18H2,1-2H3. The van der Waals surface area contributed by atoms with Crippen LogP contribution in [0, 0.1) is 0 Å². The van der Waals surface area contributed by atoms with Gasteiger partial charge in [0.25, 0.3) is 0 Å². The van der Waals surface area contributed by atoms with Crippen LogP contribution in [0.4, 0.5) is 5.69 Å². The van der Waals surface area contributed by atoms with E-state index in [0.717, 1.165) is 32.5 Å². The molecule has 1 aliphatic heterocycles. The van der Waals surface area contributed by atoms with Crippen molar-refractivity contribution in [2.24, 2.45) is 0 Å². The van der Waals surface area contributed by atoms with Crippen LogP contribution < -0.4 is 4.90 Å². The normalized spacial score (nSPS) is 19.7. The van der Waals surface area contributed by atoms with Crippen molar-refractivity contribution in [2.45, 2.75) is 18.4 Å². The lowest BCUT2D eigenvalue weighted by molar-refractivity contribution is -0.0372. The van der Waals surface area contributed by atoms with Crippen LogP contribution in [-0.4, -0.2) is 44.1 Å². The summed E-state index contributed by atoms with van der Waals surface area (Å²) < 4.78 is 8.13. The number of para-hydroxylation sites is 1. The van der Waals surface area contributed by atoms with E-state index < -0.39 is 0 Å². The van der Waals surface area contributed by atoms with E-state index in [1.807, 2.05) is 7.11 Å². The second-order valence-corrected chi connectivity index (χ2v) is 5.85. The molecule has 0 aliphatic carbocycles. The maximum atomic E-state index is 5.84. The topological polar surface area (TPSA) is 15.7 Å². The van der Waals surface area contributed by atoms with Crippen molar-refractivity contribution in [3.05, 3.63) is 30.3 Å². The molecule has 0 bridgehead atoms. The van der Waals surface area contributed by atoms with Gasteiger partial charge >= 0.3 is 0 Å². The number of benzene rings is 1. The molecule has 1 aromatic rings. The molecule has 3 nitrogen and oxygen atoms in total. The minimum absolute atomic E-state index is 0.00232. The number of piperidine rings is 1. The minimum Gasteiger partial charge on any atom is -0.376 e. The van der Waals surface area contributed by atoms with Crippen molar-refractivity contribution in [2.75, 3.05) is 38.7 Å². The molecule has 0 N–H and O–H groups in total. The van der Waals surface area contributed by atoms with Crippen LogP contribution in [0.1, 0.15) is 12.8 Å². The smallest absolute Gasteiger partial charge is 0.0877 e. The predicted molar refractivity (Wildman–Crippen MR) is 80.0 cm³/mol. The molecule has 1 aromatic carbocycles. The third-order valence-corrected chi connectivity index (χ3v) is 4.38. The molecule has 1 fully saturated rings. The fourth-order valence-electron chi connectivity index (χ4n) is 2.56. The molecular formula is C14H23N2OP. The zero-order valence-electron chi connectivity index (χ0n) is 11.3. The number of hydrogen-bond acceptors (Lipinski definition) is 3. The van der Waals surface area contributed by atoms with Gasteiger partial charge in [0.1, 0.15) is 0 Å². The van der Waals surface area contributed by atoms with E-state index >= 15 is 0 Å². The van der Waals surface area contributed by atoms with Gasteiger partial charge in [-0.15, -0.1) is 0 Å². The quantitative estimate of drug-likeness (QED) is 0.778. The zero-order chi connectivity index (χ0) is 13.0. The largest absolute Gasteiger partial charge is 0.376 e. The second kappa shape index (κ2) is 6.01. The van der Waals surface area contributed by atoms with Gasteiger partial charge in [0.15, 0.2) is 0 Å². The molecule has 100 valence electrons.